The summed E-state index contributed by atoms with van der Waals surface area (Å²) in [6, 6.07) is 0. The predicted molar refractivity (Wildman–Crippen MR) is 45.7 cm³/mol. The quantitative estimate of drug-likeness (QED) is 0.606. The lowest BCUT2D eigenvalue weighted by Crippen LogP contribution is -2.33. The highest BCUT2D eigenvalue weighted by atomic mass is 16.8. The van der Waals surface area contributed by atoms with Crippen LogP contribution in [0.4, 0.5) is 0 Å². The molecule has 0 bridgehead atoms. The van der Waals surface area contributed by atoms with Gasteiger partial charge in [0.05, 0.1) is 6.61 Å². The van der Waals surface area contributed by atoms with Gasteiger partial charge in [-0.25, -0.2) is 0 Å². The minimum atomic E-state index is -0.613. The van der Waals surface area contributed by atoms with E-state index in [2.05, 4.69) is 6.58 Å². The zero-order valence-electron chi connectivity index (χ0n) is 7.92. The van der Waals surface area contributed by atoms with Crippen LogP contribution >= 0.6 is 0 Å². The molecule has 3 heteroatoms. The van der Waals surface area contributed by atoms with Crippen LogP contribution < -0.4 is 0 Å². The summed E-state index contributed by atoms with van der Waals surface area (Å²) in [4.78, 5) is 0. The smallest absolute Gasteiger partial charge is 0.192 e. The van der Waals surface area contributed by atoms with Crippen LogP contribution in [0.2, 0.25) is 0 Å². The molecule has 0 aromatic heterocycles. The van der Waals surface area contributed by atoms with Crippen molar-refractivity contribution in [2.45, 2.75) is 32.3 Å². The van der Waals surface area contributed by atoms with Crippen LogP contribution in [0.5, 0.6) is 0 Å². The van der Waals surface area contributed by atoms with Gasteiger partial charge in [-0.2, -0.15) is 0 Å². The van der Waals surface area contributed by atoms with Gasteiger partial charge in [0.2, 0.25) is 0 Å². The van der Waals surface area contributed by atoms with Gasteiger partial charge in [0.15, 0.2) is 11.6 Å². The van der Waals surface area contributed by atoms with Crippen LogP contribution in [0.1, 0.15) is 20.8 Å². The Balaban J connectivity index is 2.46. The van der Waals surface area contributed by atoms with E-state index in [9.17, 15) is 0 Å². The summed E-state index contributed by atoms with van der Waals surface area (Å²) in [6.45, 7) is 10.1. The summed E-state index contributed by atoms with van der Waals surface area (Å²) >= 11 is 0. The number of hydrogen-bond acceptors (Lipinski definition) is 3. The van der Waals surface area contributed by atoms with Gasteiger partial charge in [0.25, 0.3) is 0 Å². The fraction of sp³-hybridized carbons (Fsp3) is 0.778. The number of rotatable bonds is 3. The minimum absolute atomic E-state index is 0.466. The summed E-state index contributed by atoms with van der Waals surface area (Å²) in [5.41, 5.74) is 0. The molecule has 3 nitrogen and oxygen atoms in total. The van der Waals surface area contributed by atoms with Crippen molar-refractivity contribution in [3.8, 4) is 0 Å². The van der Waals surface area contributed by atoms with E-state index in [1.165, 1.54) is 0 Å². The number of ether oxygens (including phenoxy) is 3. The first kappa shape index (κ1) is 9.71. The number of hydrogen-bond donors (Lipinski definition) is 0. The van der Waals surface area contributed by atoms with E-state index < -0.39 is 11.6 Å². The van der Waals surface area contributed by atoms with E-state index in [-0.39, 0.29) is 0 Å². The second-order valence-corrected chi connectivity index (χ2v) is 3.52. The van der Waals surface area contributed by atoms with Crippen molar-refractivity contribution >= 4 is 0 Å². The third kappa shape index (κ3) is 2.30. The summed E-state index contributed by atoms with van der Waals surface area (Å²) in [5, 5.41) is 0. The van der Waals surface area contributed by atoms with Gasteiger partial charge in [-0.3, -0.25) is 0 Å². The lowest BCUT2D eigenvalue weighted by Gasteiger charge is -2.24. The molecule has 1 saturated heterocycles. The average Bonchev–Trinajstić information content (AvgIpc) is 2.23. The second kappa shape index (κ2) is 3.17. The van der Waals surface area contributed by atoms with Crippen molar-refractivity contribution < 1.29 is 14.2 Å². The third-order valence-corrected chi connectivity index (χ3v) is 1.65. The van der Waals surface area contributed by atoms with E-state index in [1.807, 2.05) is 20.8 Å². The van der Waals surface area contributed by atoms with Crippen LogP contribution in [0.25, 0.3) is 0 Å². The van der Waals surface area contributed by atoms with Crippen molar-refractivity contribution in [3.05, 3.63) is 12.7 Å². The van der Waals surface area contributed by atoms with Crippen LogP contribution in [0.15, 0.2) is 12.7 Å². The lowest BCUT2D eigenvalue weighted by molar-refractivity contribution is -0.239. The molecule has 1 atom stereocenters. The third-order valence-electron chi connectivity index (χ3n) is 1.65. The van der Waals surface area contributed by atoms with Gasteiger partial charge in [0.1, 0.15) is 6.61 Å². The summed E-state index contributed by atoms with van der Waals surface area (Å²) in [5.74, 6) is -1.15. The van der Waals surface area contributed by atoms with Crippen molar-refractivity contribution in [1.82, 2.24) is 0 Å². The summed E-state index contributed by atoms with van der Waals surface area (Å²) in [7, 11) is 0. The molecule has 0 saturated carbocycles. The zero-order chi connectivity index (χ0) is 9.24. The Morgan fingerprint density at radius 3 is 2.58 bits per heavy atom. The largest absolute Gasteiger partial charge is 0.345 e. The van der Waals surface area contributed by atoms with E-state index in [4.69, 9.17) is 14.2 Å². The monoisotopic (exact) mass is 172 g/mol. The molecule has 1 aliphatic rings. The first-order valence-electron chi connectivity index (χ1n) is 4.06. The van der Waals surface area contributed by atoms with Crippen molar-refractivity contribution in [1.29, 1.82) is 0 Å². The summed E-state index contributed by atoms with van der Waals surface area (Å²) < 4.78 is 16.3. The summed E-state index contributed by atoms with van der Waals surface area (Å²) in [6.07, 6.45) is 1.69. The first-order valence-corrected chi connectivity index (χ1v) is 4.06. The Morgan fingerprint density at radius 2 is 2.17 bits per heavy atom. The molecule has 1 heterocycles. The highest BCUT2D eigenvalue weighted by molar-refractivity contribution is 4.77. The normalized spacial score (nSPS) is 33.6. The molecule has 0 radical (unpaired) electrons. The molecule has 0 aromatic rings. The van der Waals surface area contributed by atoms with Gasteiger partial charge in [-0.05, 0) is 20.8 Å². The minimum Gasteiger partial charge on any atom is -0.345 e. The molecule has 70 valence electrons. The Bertz CT molecular complexity index is 177. The second-order valence-electron chi connectivity index (χ2n) is 3.52. The fourth-order valence-corrected chi connectivity index (χ4v) is 1.19. The van der Waals surface area contributed by atoms with Gasteiger partial charge in [-0.1, -0.05) is 6.08 Å². The molecule has 0 aliphatic carbocycles. The molecule has 1 unspecified atom stereocenters. The van der Waals surface area contributed by atoms with Gasteiger partial charge in [0, 0.05) is 0 Å². The molecule has 12 heavy (non-hydrogen) atoms. The molecule has 1 rings (SSSR count). The van der Waals surface area contributed by atoms with Crippen LogP contribution in [-0.4, -0.2) is 24.8 Å². The molecule has 1 fully saturated rings. The van der Waals surface area contributed by atoms with E-state index in [0.717, 1.165) is 0 Å². The lowest BCUT2D eigenvalue weighted by atomic mass is 10.3. The Hall–Kier alpha value is -0.380. The molecular formula is C9H16O3. The molecule has 0 spiro atoms. The topological polar surface area (TPSA) is 27.7 Å². The van der Waals surface area contributed by atoms with E-state index >= 15 is 0 Å². The fourth-order valence-electron chi connectivity index (χ4n) is 1.19. The zero-order valence-corrected chi connectivity index (χ0v) is 7.92. The standard InChI is InChI=1S/C9H16O3/c1-5-6-10-9(4)7-11-8(2,3)12-9/h5H,1,6-7H2,2-4H3. The highest BCUT2D eigenvalue weighted by Gasteiger charge is 2.42. The maximum absolute atomic E-state index is 5.55. The van der Waals surface area contributed by atoms with Crippen LogP contribution in [-0.2, 0) is 14.2 Å². The predicted octanol–water partition coefficient (Wildman–Crippen LogP) is 1.69. The average molecular weight is 172 g/mol. The van der Waals surface area contributed by atoms with Gasteiger partial charge < -0.3 is 14.2 Å². The molecular weight excluding hydrogens is 156 g/mol. The SMILES string of the molecule is C=CCOC1(C)COC(C)(C)O1. The van der Waals surface area contributed by atoms with Crippen molar-refractivity contribution in [2.24, 2.45) is 0 Å². The Labute approximate surface area is 73.3 Å². The Morgan fingerprint density at radius 1 is 1.50 bits per heavy atom. The van der Waals surface area contributed by atoms with Crippen molar-refractivity contribution in [3.63, 3.8) is 0 Å². The van der Waals surface area contributed by atoms with E-state index in [0.29, 0.717) is 13.2 Å². The van der Waals surface area contributed by atoms with E-state index in [1.54, 1.807) is 6.08 Å². The molecule has 0 N–H and O–H groups in total. The van der Waals surface area contributed by atoms with Crippen LogP contribution in [0.3, 0.4) is 0 Å². The van der Waals surface area contributed by atoms with Gasteiger partial charge in [-0.15, -0.1) is 6.58 Å². The first-order chi connectivity index (χ1) is 5.47. The maximum Gasteiger partial charge on any atom is 0.192 e. The van der Waals surface area contributed by atoms with Crippen LogP contribution in [0, 0.1) is 0 Å². The molecule has 1 aliphatic heterocycles. The van der Waals surface area contributed by atoms with Crippen molar-refractivity contribution in [2.75, 3.05) is 13.2 Å². The molecule has 0 amide bonds. The Kier molecular flexibility index (Phi) is 2.56. The maximum atomic E-state index is 5.55. The highest BCUT2D eigenvalue weighted by Crippen LogP contribution is 2.31. The molecule has 0 aromatic carbocycles. The van der Waals surface area contributed by atoms with Gasteiger partial charge >= 0.3 is 0 Å².